The van der Waals surface area contributed by atoms with Crippen LogP contribution in [0.15, 0.2) is 59.5 Å². The molecule has 9 nitrogen and oxygen atoms in total. The summed E-state index contributed by atoms with van der Waals surface area (Å²) in [5.74, 6) is -0.960. The number of amides is 2. The molecule has 0 spiro atoms. The highest BCUT2D eigenvalue weighted by molar-refractivity contribution is 7.89. The van der Waals surface area contributed by atoms with Crippen LogP contribution in [0.1, 0.15) is 11.1 Å². The van der Waals surface area contributed by atoms with E-state index in [0.717, 1.165) is 42.6 Å². The first-order chi connectivity index (χ1) is 15.7. The summed E-state index contributed by atoms with van der Waals surface area (Å²) in [4.78, 5) is 28.8. The number of nitrogens with zero attached hydrogens (tertiary/aromatic N) is 3. The molecule has 2 amide bonds. The molecule has 1 fully saturated rings. The van der Waals surface area contributed by atoms with E-state index < -0.39 is 22.5 Å². The van der Waals surface area contributed by atoms with Crippen molar-refractivity contribution in [1.82, 2.24) is 25.0 Å². The van der Waals surface area contributed by atoms with Crippen LogP contribution < -0.4 is 10.9 Å². The molecule has 1 aliphatic heterocycles. The highest BCUT2D eigenvalue weighted by Crippen LogP contribution is 2.14. The van der Waals surface area contributed by atoms with Gasteiger partial charge in [0, 0.05) is 39.8 Å². The molecule has 2 aromatic carbocycles. The normalized spacial score (nSPS) is 15.4. The number of piperazine rings is 1. The molecule has 2 N–H and O–H groups in total. The molecule has 3 rings (SSSR count). The maximum Gasteiger partial charge on any atom is 0.253 e. The summed E-state index contributed by atoms with van der Waals surface area (Å²) in [6.45, 7) is 5.73. The molecule has 0 aromatic heterocycles. The number of benzene rings is 2. The molecular formula is C23H31N5O4S. The van der Waals surface area contributed by atoms with Gasteiger partial charge in [0.05, 0.1) is 18.0 Å². The average molecular weight is 474 g/mol. The zero-order chi connectivity index (χ0) is 23.8. The molecule has 0 radical (unpaired) electrons. The molecule has 0 saturated carbocycles. The van der Waals surface area contributed by atoms with Crippen molar-refractivity contribution in [3.63, 3.8) is 0 Å². The molecule has 1 saturated heterocycles. The smallest absolute Gasteiger partial charge is 0.253 e. The summed E-state index contributed by atoms with van der Waals surface area (Å²) in [6, 6.07) is 16.7. The van der Waals surface area contributed by atoms with Gasteiger partial charge in [-0.05, 0) is 24.6 Å². The number of carbonyl (C=O) groups is 2. The Hall–Kier alpha value is -2.79. The summed E-state index contributed by atoms with van der Waals surface area (Å²) in [5.41, 5.74) is 6.87. The standard InChI is InChI=1S/C23H31N5O4S/c1-19-8-10-21(11-9-19)33(31,32)26(2)17-22(29)24-25-23(30)18-28-14-12-27(13-15-28)16-20-6-4-3-5-7-20/h3-11H,12-18H2,1-2H3,(H,24,29)(H,25,30). The van der Waals surface area contributed by atoms with Gasteiger partial charge in [-0.15, -0.1) is 0 Å². The monoisotopic (exact) mass is 473 g/mol. The second-order valence-corrected chi connectivity index (χ2v) is 10.3. The average Bonchev–Trinajstić information content (AvgIpc) is 2.80. The van der Waals surface area contributed by atoms with E-state index >= 15 is 0 Å². The van der Waals surface area contributed by atoms with Gasteiger partial charge in [-0.25, -0.2) is 8.42 Å². The van der Waals surface area contributed by atoms with Crippen molar-refractivity contribution >= 4 is 21.8 Å². The predicted molar refractivity (Wildman–Crippen MR) is 125 cm³/mol. The maximum absolute atomic E-state index is 12.6. The molecule has 2 aromatic rings. The van der Waals surface area contributed by atoms with Crippen molar-refractivity contribution in [2.45, 2.75) is 18.4 Å². The summed E-state index contributed by atoms with van der Waals surface area (Å²) in [7, 11) is -2.47. The largest absolute Gasteiger partial charge is 0.297 e. The fraction of sp³-hybridized carbons (Fsp3) is 0.391. The van der Waals surface area contributed by atoms with Crippen molar-refractivity contribution in [1.29, 1.82) is 0 Å². The summed E-state index contributed by atoms with van der Waals surface area (Å²) in [6.07, 6.45) is 0. The molecular weight excluding hydrogens is 442 g/mol. The van der Waals surface area contributed by atoms with E-state index in [0.29, 0.717) is 0 Å². The topological polar surface area (TPSA) is 102 Å². The van der Waals surface area contributed by atoms with Crippen molar-refractivity contribution in [3.8, 4) is 0 Å². The number of sulfonamides is 1. The Kier molecular flexibility index (Phi) is 8.56. The van der Waals surface area contributed by atoms with E-state index in [2.05, 4.69) is 27.9 Å². The minimum Gasteiger partial charge on any atom is -0.297 e. The number of nitrogens with one attached hydrogen (secondary N) is 2. The third-order valence-electron chi connectivity index (χ3n) is 5.52. The van der Waals surface area contributed by atoms with Gasteiger partial charge in [0.2, 0.25) is 10.0 Å². The Morgan fingerprint density at radius 1 is 0.879 bits per heavy atom. The van der Waals surface area contributed by atoms with E-state index in [-0.39, 0.29) is 17.3 Å². The lowest BCUT2D eigenvalue weighted by atomic mass is 10.2. The first-order valence-corrected chi connectivity index (χ1v) is 12.3. The van der Waals surface area contributed by atoms with Crippen LogP contribution in [0.5, 0.6) is 0 Å². The summed E-state index contributed by atoms with van der Waals surface area (Å²) >= 11 is 0. The van der Waals surface area contributed by atoms with E-state index in [4.69, 9.17) is 0 Å². The van der Waals surface area contributed by atoms with Gasteiger partial charge in [0.15, 0.2) is 0 Å². The Balaban J connectivity index is 1.37. The number of carbonyl (C=O) groups excluding carboxylic acids is 2. The number of likely N-dealkylation sites (N-methyl/N-ethyl adjacent to an activating group) is 1. The zero-order valence-corrected chi connectivity index (χ0v) is 19.8. The number of rotatable bonds is 8. The first kappa shape index (κ1) is 24.8. The zero-order valence-electron chi connectivity index (χ0n) is 19.0. The van der Waals surface area contributed by atoms with Crippen LogP contribution in [0.4, 0.5) is 0 Å². The van der Waals surface area contributed by atoms with Crippen LogP contribution >= 0.6 is 0 Å². The number of aryl methyl sites for hydroxylation is 1. The van der Waals surface area contributed by atoms with Gasteiger partial charge in [-0.1, -0.05) is 48.0 Å². The van der Waals surface area contributed by atoms with Crippen molar-refractivity contribution in [2.75, 3.05) is 46.3 Å². The third-order valence-corrected chi connectivity index (χ3v) is 7.34. The second kappa shape index (κ2) is 11.4. The molecule has 1 aliphatic rings. The Morgan fingerprint density at radius 3 is 2.09 bits per heavy atom. The molecule has 0 bridgehead atoms. The minimum atomic E-state index is -3.79. The molecule has 0 atom stereocenters. The van der Waals surface area contributed by atoms with Crippen LogP contribution in [-0.4, -0.2) is 80.7 Å². The van der Waals surface area contributed by atoms with Crippen molar-refractivity contribution in [3.05, 3.63) is 65.7 Å². The van der Waals surface area contributed by atoms with Crippen LogP contribution in [0.25, 0.3) is 0 Å². The molecule has 0 aliphatic carbocycles. The number of hydrogen-bond acceptors (Lipinski definition) is 6. The Bertz CT molecular complexity index is 1040. The SMILES string of the molecule is Cc1ccc(S(=O)(=O)N(C)CC(=O)NNC(=O)CN2CCN(Cc3ccccc3)CC2)cc1. The fourth-order valence-electron chi connectivity index (χ4n) is 3.55. The van der Waals surface area contributed by atoms with Gasteiger partial charge >= 0.3 is 0 Å². The van der Waals surface area contributed by atoms with E-state index in [1.165, 1.54) is 24.7 Å². The summed E-state index contributed by atoms with van der Waals surface area (Å²) in [5, 5.41) is 0. The quantitative estimate of drug-likeness (QED) is 0.544. The van der Waals surface area contributed by atoms with Gasteiger partial charge in [-0.3, -0.25) is 30.2 Å². The van der Waals surface area contributed by atoms with Gasteiger partial charge in [0.25, 0.3) is 11.8 Å². The minimum absolute atomic E-state index is 0.110. The lowest BCUT2D eigenvalue weighted by molar-refractivity contribution is -0.129. The van der Waals surface area contributed by atoms with Crippen LogP contribution in [0.3, 0.4) is 0 Å². The first-order valence-electron chi connectivity index (χ1n) is 10.8. The molecule has 10 heteroatoms. The number of hydrazine groups is 1. The fourth-order valence-corrected chi connectivity index (χ4v) is 4.67. The van der Waals surface area contributed by atoms with E-state index in [1.54, 1.807) is 12.1 Å². The third kappa shape index (κ3) is 7.36. The highest BCUT2D eigenvalue weighted by Gasteiger charge is 2.23. The van der Waals surface area contributed by atoms with E-state index in [1.807, 2.05) is 30.0 Å². The van der Waals surface area contributed by atoms with Gasteiger partial charge < -0.3 is 0 Å². The Morgan fingerprint density at radius 2 is 1.45 bits per heavy atom. The van der Waals surface area contributed by atoms with Crippen LogP contribution in [0.2, 0.25) is 0 Å². The molecule has 1 heterocycles. The lowest BCUT2D eigenvalue weighted by Crippen LogP contribution is -2.52. The predicted octanol–water partition coefficient (Wildman–Crippen LogP) is 0.581. The van der Waals surface area contributed by atoms with E-state index in [9.17, 15) is 18.0 Å². The maximum atomic E-state index is 12.6. The van der Waals surface area contributed by atoms with Gasteiger partial charge in [0.1, 0.15) is 0 Å². The van der Waals surface area contributed by atoms with Crippen molar-refractivity contribution < 1.29 is 18.0 Å². The number of hydrogen-bond donors (Lipinski definition) is 2. The van der Waals surface area contributed by atoms with Crippen LogP contribution in [-0.2, 0) is 26.2 Å². The van der Waals surface area contributed by atoms with Gasteiger partial charge in [-0.2, -0.15) is 4.31 Å². The molecule has 33 heavy (non-hydrogen) atoms. The summed E-state index contributed by atoms with van der Waals surface area (Å²) < 4.78 is 26.1. The second-order valence-electron chi connectivity index (χ2n) is 8.21. The van der Waals surface area contributed by atoms with Crippen LogP contribution in [0, 0.1) is 6.92 Å². The Labute approximate surface area is 195 Å². The molecule has 178 valence electrons. The van der Waals surface area contributed by atoms with Crippen molar-refractivity contribution in [2.24, 2.45) is 0 Å². The molecule has 0 unspecified atom stereocenters. The lowest BCUT2D eigenvalue weighted by Gasteiger charge is -2.34. The highest BCUT2D eigenvalue weighted by atomic mass is 32.2.